The number of rotatable bonds is 4. The first-order valence-corrected chi connectivity index (χ1v) is 9.19. The normalized spacial score (nSPS) is 11.0. The zero-order valence-corrected chi connectivity index (χ0v) is 15.2. The van der Waals surface area contributed by atoms with Crippen LogP contribution in [-0.2, 0) is 0 Å². The molecule has 0 spiro atoms. The van der Waals surface area contributed by atoms with Crippen molar-refractivity contribution in [2.45, 2.75) is 0 Å². The zero-order chi connectivity index (χ0) is 17.4. The van der Waals surface area contributed by atoms with Gasteiger partial charge in [0.15, 0.2) is 11.5 Å². The van der Waals surface area contributed by atoms with E-state index in [2.05, 4.69) is 4.98 Å². The molecule has 0 fully saturated rings. The van der Waals surface area contributed by atoms with E-state index in [9.17, 15) is 4.79 Å². The second-order valence-corrected chi connectivity index (χ2v) is 7.21. The summed E-state index contributed by atoms with van der Waals surface area (Å²) >= 11 is 2.77. The van der Waals surface area contributed by atoms with Crippen LogP contribution in [-0.4, -0.2) is 24.2 Å². The number of aromatic amines is 1. The fourth-order valence-electron chi connectivity index (χ4n) is 2.61. The molecular weight excluding hydrogens is 356 g/mol. The van der Waals surface area contributed by atoms with Crippen molar-refractivity contribution in [3.63, 3.8) is 0 Å². The Balaban J connectivity index is 1.72. The second-order valence-electron chi connectivity index (χ2n) is 5.33. The molecule has 0 aliphatic rings. The van der Waals surface area contributed by atoms with E-state index in [-0.39, 0.29) is 4.87 Å². The Morgan fingerprint density at radius 3 is 2.60 bits per heavy atom. The Labute approximate surface area is 151 Å². The second kappa shape index (κ2) is 6.34. The van der Waals surface area contributed by atoms with E-state index >= 15 is 0 Å². The van der Waals surface area contributed by atoms with Gasteiger partial charge < -0.3 is 14.5 Å². The van der Waals surface area contributed by atoms with E-state index in [1.54, 1.807) is 25.6 Å². The maximum absolute atomic E-state index is 11.5. The summed E-state index contributed by atoms with van der Waals surface area (Å²) in [6, 6.07) is 11.6. The maximum atomic E-state index is 11.5. The van der Waals surface area contributed by atoms with Crippen LogP contribution < -0.4 is 14.3 Å². The third kappa shape index (κ3) is 2.92. The number of nitrogens with one attached hydrogen (secondary N) is 1. The van der Waals surface area contributed by atoms with E-state index in [4.69, 9.17) is 14.5 Å². The number of thiazole rings is 2. The molecule has 0 aliphatic heterocycles. The van der Waals surface area contributed by atoms with Gasteiger partial charge in [0.05, 0.1) is 30.1 Å². The molecule has 0 saturated heterocycles. The molecule has 2 aromatic carbocycles. The van der Waals surface area contributed by atoms with Crippen LogP contribution in [0.15, 0.2) is 46.6 Å². The molecule has 0 radical (unpaired) electrons. The lowest BCUT2D eigenvalue weighted by atomic mass is 10.1. The minimum atomic E-state index is -0.0450. The fraction of sp³-hybridized carbons (Fsp3) is 0.111. The highest BCUT2D eigenvalue weighted by Crippen LogP contribution is 2.35. The lowest BCUT2D eigenvalue weighted by Gasteiger charge is -2.08. The van der Waals surface area contributed by atoms with Gasteiger partial charge in [-0.1, -0.05) is 17.4 Å². The van der Waals surface area contributed by atoms with Crippen molar-refractivity contribution in [1.29, 1.82) is 0 Å². The summed E-state index contributed by atoms with van der Waals surface area (Å²) in [4.78, 5) is 19.0. The molecule has 1 N–H and O–H groups in total. The van der Waals surface area contributed by atoms with Gasteiger partial charge in [-0.25, -0.2) is 4.98 Å². The predicted octanol–water partition coefficient (Wildman–Crippen LogP) is 4.40. The van der Waals surface area contributed by atoms with Gasteiger partial charge in [0, 0.05) is 16.5 Å². The van der Waals surface area contributed by atoms with Gasteiger partial charge in [0.25, 0.3) is 0 Å². The predicted molar refractivity (Wildman–Crippen MR) is 102 cm³/mol. The van der Waals surface area contributed by atoms with Crippen LogP contribution in [0.4, 0.5) is 0 Å². The number of nitrogens with zero attached hydrogens (tertiary/aromatic N) is 1. The van der Waals surface area contributed by atoms with Crippen molar-refractivity contribution < 1.29 is 9.47 Å². The number of aromatic nitrogens is 2. The van der Waals surface area contributed by atoms with Gasteiger partial charge in [0.2, 0.25) is 0 Å². The summed E-state index contributed by atoms with van der Waals surface area (Å²) in [5.74, 6) is 1.37. The number of benzene rings is 2. The minimum Gasteiger partial charge on any atom is -0.493 e. The molecule has 25 heavy (non-hydrogen) atoms. The monoisotopic (exact) mass is 370 g/mol. The Morgan fingerprint density at radius 2 is 1.80 bits per heavy atom. The summed E-state index contributed by atoms with van der Waals surface area (Å²) in [5.41, 5.74) is 3.71. The molecule has 0 atom stereocenters. The molecule has 7 heteroatoms. The van der Waals surface area contributed by atoms with E-state index in [1.165, 1.54) is 11.3 Å². The van der Waals surface area contributed by atoms with Crippen LogP contribution >= 0.6 is 22.7 Å². The van der Waals surface area contributed by atoms with Gasteiger partial charge in [-0.05, 0) is 30.3 Å². The van der Waals surface area contributed by atoms with Crippen molar-refractivity contribution in [3.8, 4) is 33.3 Å². The number of methoxy groups -OCH3 is 2. The summed E-state index contributed by atoms with van der Waals surface area (Å²) < 4.78 is 11.6. The van der Waals surface area contributed by atoms with Crippen molar-refractivity contribution in [3.05, 3.63) is 51.4 Å². The van der Waals surface area contributed by atoms with Crippen LogP contribution in [0, 0.1) is 0 Å². The highest BCUT2D eigenvalue weighted by atomic mass is 32.1. The van der Waals surface area contributed by atoms with Gasteiger partial charge >= 0.3 is 4.87 Å². The zero-order valence-electron chi connectivity index (χ0n) is 13.5. The molecule has 0 bridgehead atoms. The average Bonchev–Trinajstić information content (AvgIpc) is 3.26. The fourth-order valence-corrected chi connectivity index (χ4v) is 4.21. The molecule has 0 amide bonds. The Bertz CT molecular complexity index is 1110. The summed E-state index contributed by atoms with van der Waals surface area (Å²) in [5, 5.41) is 2.92. The van der Waals surface area contributed by atoms with Crippen LogP contribution in [0.25, 0.3) is 32.0 Å². The Hall–Kier alpha value is -2.64. The molecule has 0 saturated carbocycles. The molecule has 5 nitrogen and oxygen atoms in total. The standard InChI is InChI=1S/C18H14N2O3S2/c1-22-14-6-4-11(7-15(14)23-2)17-19-13(9-24-17)10-3-5-12-16(8-10)25-18(21)20-12/h3-9H,1-2H3,(H,20,21). The number of ether oxygens (including phenoxy) is 2. The van der Waals surface area contributed by atoms with E-state index in [0.29, 0.717) is 11.5 Å². The third-order valence-corrected chi connectivity index (χ3v) is 5.59. The third-order valence-electron chi connectivity index (χ3n) is 3.85. The first-order valence-electron chi connectivity index (χ1n) is 7.49. The van der Waals surface area contributed by atoms with Crippen molar-refractivity contribution >= 4 is 32.9 Å². The first-order chi connectivity index (χ1) is 12.2. The Kier molecular flexibility index (Phi) is 4.03. The summed E-state index contributed by atoms with van der Waals surface area (Å²) in [7, 11) is 3.23. The maximum Gasteiger partial charge on any atom is 0.305 e. The van der Waals surface area contributed by atoms with Crippen LogP contribution in [0.5, 0.6) is 11.5 Å². The molecule has 4 aromatic rings. The number of H-pyrrole nitrogens is 1. The smallest absolute Gasteiger partial charge is 0.305 e. The molecule has 4 rings (SSSR count). The van der Waals surface area contributed by atoms with Crippen molar-refractivity contribution in [1.82, 2.24) is 9.97 Å². The highest BCUT2D eigenvalue weighted by Gasteiger charge is 2.11. The molecule has 0 unspecified atom stereocenters. The number of fused-ring (bicyclic) bond motifs is 1. The van der Waals surface area contributed by atoms with Crippen LogP contribution in [0.2, 0.25) is 0 Å². The molecule has 0 aliphatic carbocycles. The summed E-state index contributed by atoms with van der Waals surface area (Å²) in [6.45, 7) is 0. The SMILES string of the molecule is COc1ccc(-c2nc(-c3ccc4[nH]c(=O)sc4c3)cs2)cc1OC. The first kappa shape index (κ1) is 15.9. The average molecular weight is 370 g/mol. The minimum absolute atomic E-state index is 0.0450. The van der Waals surface area contributed by atoms with Gasteiger partial charge in [-0.3, -0.25) is 4.79 Å². The topological polar surface area (TPSA) is 64.2 Å². The number of hydrogen-bond donors (Lipinski definition) is 1. The largest absolute Gasteiger partial charge is 0.493 e. The molecule has 2 heterocycles. The lowest BCUT2D eigenvalue weighted by Crippen LogP contribution is -1.90. The highest BCUT2D eigenvalue weighted by molar-refractivity contribution is 7.16. The van der Waals surface area contributed by atoms with Crippen molar-refractivity contribution in [2.75, 3.05) is 14.2 Å². The molecular formula is C18H14N2O3S2. The summed E-state index contributed by atoms with van der Waals surface area (Å²) in [6.07, 6.45) is 0. The van der Waals surface area contributed by atoms with Gasteiger partial charge in [-0.15, -0.1) is 11.3 Å². The van der Waals surface area contributed by atoms with E-state index in [0.717, 1.165) is 32.0 Å². The number of hydrogen-bond acceptors (Lipinski definition) is 6. The molecule has 2 aromatic heterocycles. The van der Waals surface area contributed by atoms with Gasteiger partial charge in [-0.2, -0.15) is 0 Å². The molecule has 126 valence electrons. The quantitative estimate of drug-likeness (QED) is 0.578. The van der Waals surface area contributed by atoms with Crippen molar-refractivity contribution in [2.24, 2.45) is 0 Å². The lowest BCUT2D eigenvalue weighted by molar-refractivity contribution is 0.355. The van der Waals surface area contributed by atoms with E-state index in [1.807, 2.05) is 41.8 Å². The van der Waals surface area contributed by atoms with Crippen LogP contribution in [0.3, 0.4) is 0 Å². The Morgan fingerprint density at radius 1 is 1.00 bits per heavy atom. The van der Waals surface area contributed by atoms with Crippen LogP contribution in [0.1, 0.15) is 0 Å². The van der Waals surface area contributed by atoms with Gasteiger partial charge in [0.1, 0.15) is 5.01 Å². The van der Waals surface area contributed by atoms with E-state index < -0.39 is 0 Å².